The number of benzene rings is 1. The molecule has 0 aromatic heterocycles. The molecule has 1 aromatic rings. The van der Waals surface area contributed by atoms with Crippen LogP contribution in [0.4, 0.5) is 8.78 Å². The Balaban J connectivity index is 2.62. The molecule has 0 aliphatic carbocycles. The van der Waals surface area contributed by atoms with E-state index in [1.54, 1.807) is 25.2 Å². The van der Waals surface area contributed by atoms with Crippen molar-refractivity contribution < 1.29 is 13.5 Å². The van der Waals surface area contributed by atoms with Gasteiger partial charge in [0, 0.05) is 31.2 Å². The maximum Gasteiger partial charge on any atom is 0.387 e. The van der Waals surface area contributed by atoms with Crippen molar-refractivity contribution in [2.75, 3.05) is 27.7 Å². The second-order valence-electron chi connectivity index (χ2n) is 5.97. The second-order valence-corrected chi connectivity index (χ2v) is 5.97. The number of hydrogen-bond acceptors (Lipinski definition) is 3. The van der Waals surface area contributed by atoms with Gasteiger partial charge in [-0.05, 0) is 34.0 Å². The monoisotopic (exact) mass is 328 g/mol. The molecule has 0 spiro atoms. The number of alkyl halides is 2. The van der Waals surface area contributed by atoms with Crippen molar-refractivity contribution in [3.63, 3.8) is 0 Å². The molecule has 0 atom stereocenters. The van der Waals surface area contributed by atoms with Gasteiger partial charge in [0.05, 0.1) is 0 Å². The fourth-order valence-corrected chi connectivity index (χ4v) is 1.72. The van der Waals surface area contributed by atoms with E-state index in [2.05, 4.69) is 39.1 Å². The van der Waals surface area contributed by atoms with Gasteiger partial charge < -0.3 is 20.3 Å². The minimum absolute atomic E-state index is 0.0473. The Morgan fingerprint density at radius 3 is 2.48 bits per heavy atom. The molecule has 0 fully saturated rings. The van der Waals surface area contributed by atoms with Crippen LogP contribution < -0.4 is 15.4 Å². The van der Waals surface area contributed by atoms with Gasteiger partial charge in [0.25, 0.3) is 0 Å². The van der Waals surface area contributed by atoms with E-state index in [1.165, 1.54) is 6.07 Å². The van der Waals surface area contributed by atoms with E-state index in [4.69, 9.17) is 0 Å². The lowest BCUT2D eigenvalue weighted by atomic mass is 10.0. The molecule has 23 heavy (non-hydrogen) atoms. The predicted molar refractivity (Wildman–Crippen MR) is 89.0 cm³/mol. The zero-order valence-corrected chi connectivity index (χ0v) is 14.4. The highest BCUT2D eigenvalue weighted by Crippen LogP contribution is 2.19. The van der Waals surface area contributed by atoms with E-state index >= 15 is 0 Å². The summed E-state index contributed by atoms with van der Waals surface area (Å²) < 4.78 is 29.3. The SMILES string of the molecule is CN=C(NCc1ccccc1OC(F)F)NCC(C)(C)N(C)C. The quantitative estimate of drug-likeness (QED) is 0.596. The van der Waals surface area contributed by atoms with Gasteiger partial charge in [0.1, 0.15) is 5.75 Å². The first-order chi connectivity index (χ1) is 10.8. The number of hydrogen-bond donors (Lipinski definition) is 2. The highest BCUT2D eigenvalue weighted by Gasteiger charge is 2.20. The summed E-state index contributed by atoms with van der Waals surface area (Å²) in [5.74, 6) is 0.769. The molecule has 0 saturated heterocycles. The number of ether oxygens (including phenoxy) is 1. The van der Waals surface area contributed by atoms with Gasteiger partial charge in [-0.15, -0.1) is 0 Å². The molecule has 0 aliphatic rings. The second kappa shape index (κ2) is 8.67. The Morgan fingerprint density at radius 2 is 1.91 bits per heavy atom. The van der Waals surface area contributed by atoms with Crippen LogP contribution in [0.5, 0.6) is 5.75 Å². The van der Waals surface area contributed by atoms with Crippen molar-refractivity contribution in [3.05, 3.63) is 29.8 Å². The number of nitrogens with zero attached hydrogens (tertiary/aromatic N) is 2. The maximum atomic E-state index is 12.4. The summed E-state index contributed by atoms with van der Waals surface area (Å²) in [6.45, 7) is 2.41. The van der Waals surface area contributed by atoms with Crippen LogP contribution in [0.2, 0.25) is 0 Å². The van der Waals surface area contributed by atoms with Gasteiger partial charge in [-0.3, -0.25) is 4.99 Å². The van der Waals surface area contributed by atoms with Crippen molar-refractivity contribution in [1.29, 1.82) is 0 Å². The Morgan fingerprint density at radius 1 is 1.26 bits per heavy atom. The average Bonchev–Trinajstić information content (AvgIpc) is 2.48. The molecule has 0 saturated carbocycles. The van der Waals surface area contributed by atoms with Crippen LogP contribution in [0.1, 0.15) is 19.4 Å². The summed E-state index contributed by atoms with van der Waals surface area (Å²) in [4.78, 5) is 6.25. The molecule has 0 aliphatic heterocycles. The third-order valence-electron chi connectivity index (χ3n) is 3.76. The van der Waals surface area contributed by atoms with E-state index < -0.39 is 6.61 Å². The lowest BCUT2D eigenvalue weighted by Crippen LogP contribution is -2.50. The summed E-state index contributed by atoms with van der Waals surface area (Å²) in [5.41, 5.74) is 0.594. The van der Waals surface area contributed by atoms with E-state index in [-0.39, 0.29) is 11.3 Å². The van der Waals surface area contributed by atoms with Crippen LogP contribution >= 0.6 is 0 Å². The van der Waals surface area contributed by atoms with Gasteiger partial charge in [-0.25, -0.2) is 0 Å². The molecular formula is C16H26F2N4O. The number of halogens is 2. The standard InChI is InChI=1S/C16H26F2N4O/c1-16(2,22(4)5)11-21-15(19-3)20-10-12-8-6-7-9-13(12)23-14(17)18/h6-9,14H,10-11H2,1-5H3,(H2,19,20,21). The molecular weight excluding hydrogens is 302 g/mol. The first-order valence-corrected chi connectivity index (χ1v) is 7.41. The molecule has 1 rings (SSSR count). The smallest absolute Gasteiger partial charge is 0.387 e. The summed E-state index contributed by atoms with van der Waals surface area (Å²) >= 11 is 0. The topological polar surface area (TPSA) is 48.9 Å². The minimum Gasteiger partial charge on any atom is -0.434 e. The molecule has 1 aromatic carbocycles. The number of aliphatic imine (C=N–C) groups is 1. The van der Waals surface area contributed by atoms with Crippen molar-refractivity contribution in [1.82, 2.24) is 15.5 Å². The Labute approximate surface area is 136 Å². The molecule has 130 valence electrons. The zero-order valence-electron chi connectivity index (χ0n) is 14.4. The van der Waals surface area contributed by atoms with Gasteiger partial charge in [-0.2, -0.15) is 8.78 Å². The Kier molecular flexibility index (Phi) is 7.22. The lowest BCUT2D eigenvalue weighted by Gasteiger charge is -2.33. The van der Waals surface area contributed by atoms with Gasteiger partial charge >= 0.3 is 6.61 Å². The number of rotatable bonds is 7. The van der Waals surface area contributed by atoms with Crippen molar-refractivity contribution >= 4 is 5.96 Å². The maximum absolute atomic E-state index is 12.4. The molecule has 0 bridgehead atoms. The zero-order chi connectivity index (χ0) is 17.5. The van der Waals surface area contributed by atoms with E-state index in [0.29, 0.717) is 24.6 Å². The predicted octanol–water partition coefficient (Wildman–Crippen LogP) is 2.29. The van der Waals surface area contributed by atoms with Gasteiger partial charge in [0.15, 0.2) is 5.96 Å². The third kappa shape index (κ3) is 6.40. The molecule has 2 N–H and O–H groups in total. The van der Waals surface area contributed by atoms with Crippen molar-refractivity contribution in [2.45, 2.75) is 32.5 Å². The molecule has 7 heteroatoms. The largest absolute Gasteiger partial charge is 0.434 e. The third-order valence-corrected chi connectivity index (χ3v) is 3.76. The summed E-state index contributed by atoms with van der Waals surface area (Å²) in [6.07, 6.45) is 0. The van der Waals surface area contributed by atoms with E-state index in [9.17, 15) is 8.78 Å². The van der Waals surface area contributed by atoms with Crippen LogP contribution in [-0.2, 0) is 6.54 Å². The van der Waals surface area contributed by atoms with Gasteiger partial charge in [0.2, 0.25) is 0 Å². The van der Waals surface area contributed by atoms with Gasteiger partial charge in [-0.1, -0.05) is 18.2 Å². The Hall–Kier alpha value is -1.89. The molecule has 0 radical (unpaired) electrons. The molecule has 0 amide bonds. The summed E-state index contributed by atoms with van der Waals surface area (Å²) in [7, 11) is 5.69. The van der Waals surface area contributed by atoms with Crippen molar-refractivity contribution in [2.24, 2.45) is 4.99 Å². The van der Waals surface area contributed by atoms with Crippen molar-refractivity contribution in [3.8, 4) is 5.75 Å². The first kappa shape index (κ1) is 19.2. The fourth-order valence-electron chi connectivity index (χ4n) is 1.72. The van der Waals surface area contributed by atoms with Crippen LogP contribution in [-0.4, -0.2) is 50.7 Å². The highest BCUT2D eigenvalue weighted by atomic mass is 19.3. The highest BCUT2D eigenvalue weighted by molar-refractivity contribution is 5.79. The van der Waals surface area contributed by atoms with Crippen LogP contribution in [0.25, 0.3) is 0 Å². The number of likely N-dealkylation sites (N-methyl/N-ethyl adjacent to an activating group) is 1. The molecule has 0 unspecified atom stereocenters. The van der Waals surface area contributed by atoms with E-state index in [0.717, 1.165) is 0 Å². The normalized spacial score (nSPS) is 12.7. The number of para-hydroxylation sites is 1. The summed E-state index contributed by atoms with van der Waals surface area (Å²) in [5, 5.41) is 6.34. The average molecular weight is 328 g/mol. The fraction of sp³-hybridized carbons (Fsp3) is 0.562. The number of nitrogens with one attached hydrogen (secondary N) is 2. The molecule has 0 heterocycles. The van der Waals surface area contributed by atoms with E-state index in [1.807, 2.05) is 14.1 Å². The Bertz CT molecular complexity index is 519. The molecule has 5 nitrogen and oxygen atoms in total. The van der Waals surface area contributed by atoms with Crippen LogP contribution in [0.3, 0.4) is 0 Å². The van der Waals surface area contributed by atoms with Crippen LogP contribution in [0, 0.1) is 0 Å². The van der Waals surface area contributed by atoms with Crippen LogP contribution in [0.15, 0.2) is 29.3 Å². The minimum atomic E-state index is -2.84. The first-order valence-electron chi connectivity index (χ1n) is 7.41. The number of guanidine groups is 1. The summed E-state index contributed by atoms with van der Waals surface area (Å²) in [6, 6.07) is 6.70. The lowest BCUT2D eigenvalue weighted by molar-refractivity contribution is -0.0504.